The van der Waals surface area contributed by atoms with Crippen LogP contribution in [0.15, 0.2) is 0 Å². The molecule has 0 rings (SSSR count). The molecule has 6 nitrogen and oxygen atoms in total. The van der Waals surface area contributed by atoms with Crippen LogP contribution in [0.1, 0.15) is 0 Å². The zero-order valence-electron chi connectivity index (χ0n) is 7.03. The summed E-state index contributed by atoms with van der Waals surface area (Å²) in [4.78, 5) is 26.7. The number of carbonyl (C=O) groups is 1. The first-order valence-electron chi connectivity index (χ1n) is 1.20. The van der Waals surface area contributed by atoms with E-state index in [1.807, 2.05) is 0 Å². The van der Waals surface area contributed by atoms with Crippen molar-refractivity contribution in [3.05, 3.63) is 0 Å². The standard InChI is InChI=1S/CH3O4PS.3Na.2H2O/c2-1(3)6(4,5)7;;;;;/h(H,2,3)(H2,4,5,7);;;;2*1H2/q;3*+1;;/p-2. The van der Waals surface area contributed by atoms with E-state index in [1.165, 1.54) is 0 Å². The van der Waals surface area contributed by atoms with E-state index >= 15 is 0 Å². The van der Waals surface area contributed by atoms with Gasteiger partial charge in [-0.1, -0.05) is 11.8 Å². The number of rotatable bonds is 1. The first-order chi connectivity index (χ1) is 2.94. The summed E-state index contributed by atoms with van der Waals surface area (Å²) >= 11 is 3.56. The van der Waals surface area contributed by atoms with Gasteiger partial charge >= 0.3 is 88.7 Å². The predicted octanol–water partition coefficient (Wildman–Crippen LogP) is -12.6. The van der Waals surface area contributed by atoms with E-state index in [-0.39, 0.29) is 99.6 Å². The minimum Gasteiger partial charge on any atom is -0.797 e. The molecule has 0 amide bonds. The van der Waals surface area contributed by atoms with Crippen LogP contribution in [-0.2, 0) is 11.8 Å². The second kappa shape index (κ2) is 16.4. The van der Waals surface area contributed by atoms with Crippen LogP contribution < -0.4 is 98.7 Å². The maximum absolute atomic E-state index is 9.62. The SMILES string of the molecule is O.O.O=C([O-])P([O-])(O)=S.[Na+].[Na+].[Na+]. The molecule has 0 bridgehead atoms. The molecule has 0 aromatic heterocycles. The molecule has 0 aliphatic rings. The molecule has 0 saturated carbocycles. The summed E-state index contributed by atoms with van der Waals surface area (Å²) in [5, 5.41) is 9.29. The Morgan fingerprint density at radius 2 is 1.33 bits per heavy atom. The molecule has 5 N–H and O–H groups in total. The fourth-order valence-electron chi connectivity index (χ4n) is 0. The maximum atomic E-state index is 9.62. The van der Waals surface area contributed by atoms with Gasteiger partial charge in [-0.05, 0) is 0 Å². The Labute approximate surface area is 141 Å². The maximum Gasteiger partial charge on any atom is 1.00 e. The van der Waals surface area contributed by atoms with Gasteiger partial charge in [0, 0.05) is 6.49 Å². The van der Waals surface area contributed by atoms with Crippen molar-refractivity contribution < 1.29 is 119 Å². The second-order valence-corrected chi connectivity index (χ2v) is 3.68. The zero-order chi connectivity index (χ0) is 6.08. The van der Waals surface area contributed by atoms with Crippen LogP contribution in [0, 0.1) is 0 Å². The smallest absolute Gasteiger partial charge is 0.797 e. The van der Waals surface area contributed by atoms with Gasteiger partial charge < -0.3 is 30.6 Å². The summed E-state index contributed by atoms with van der Waals surface area (Å²) in [5.41, 5.74) is -2.08. The van der Waals surface area contributed by atoms with E-state index in [9.17, 15) is 14.8 Å². The molecular weight excluding hydrogens is 240 g/mol. The minimum absolute atomic E-state index is 0. The summed E-state index contributed by atoms with van der Waals surface area (Å²) in [5.74, 6) is 0. The van der Waals surface area contributed by atoms with Crippen molar-refractivity contribution in [2.75, 3.05) is 0 Å². The molecule has 58 valence electrons. The summed E-state index contributed by atoms with van der Waals surface area (Å²) < 4.78 is 0. The topological polar surface area (TPSA) is 146 Å². The van der Waals surface area contributed by atoms with Crippen LogP contribution in [-0.4, -0.2) is 21.6 Å². The molecule has 0 aromatic carbocycles. The van der Waals surface area contributed by atoms with Crippen molar-refractivity contribution in [3.8, 4) is 0 Å². The summed E-state index contributed by atoms with van der Waals surface area (Å²) in [6.07, 6.45) is 0. The first-order valence-corrected chi connectivity index (χ1v) is 3.87. The zero-order valence-corrected chi connectivity index (χ0v) is 14.7. The largest absolute Gasteiger partial charge is 1.00 e. The molecule has 0 radical (unpaired) electrons. The van der Waals surface area contributed by atoms with Gasteiger partial charge in [-0.3, -0.25) is 0 Å². The van der Waals surface area contributed by atoms with Crippen molar-refractivity contribution in [3.63, 3.8) is 0 Å². The fraction of sp³-hybridized carbons (Fsp3) is 0. The molecule has 0 aromatic rings. The Morgan fingerprint density at radius 3 is 1.33 bits per heavy atom. The molecule has 1 unspecified atom stereocenters. The molecule has 0 aliphatic carbocycles. The van der Waals surface area contributed by atoms with Crippen molar-refractivity contribution in [2.24, 2.45) is 0 Å². The van der Waals surface area contributed by atoms with Gasteiger partial charge in [0.1, 0.15) is 0 Å². The van der Waals surface area contributed by atoms with Gasteiger partial charge in [0.2, 0.25) is 0 Å². The number of hydrogen-bond acceptors (Lipinski definition) is 4. The van der Waals surface area contributed by atoms with E-state index in [2.05, 4.69) is 11.8 Å². The Balaban J connectivity index is -0.0000000180. The van der Waals surface area contributed by atoms with Gasteiger partial charge in [0.05, 0.1) is 5.71 Å². The predicted molar refractivity (Wildman–Crippen MR) is 29.1 cm³/mol. The van der Waals surface area contributed by atoms with E-state index in [0.717, 1.165) is 0 Å². The Hall–Kier alpha value is 2.96. The molecule has 0 saturated heterocycles. The molecule has 0 fully saturated rings. The van der Waals surface area contributed by atoms with E-state index in [0.29, 0.717) is 0 Å². The summed E-state index contributed by atoms with van der Waals surface area (Å²) in [6, 6.07) is 0. The quantitative estimate of drug-likeness (QED) is 0.360. The van der Waals surface area contributed by atoms with E-state index in [4.69, 9.17) is 4.89 Å². The van der Waals surface area contributed by atoms with E-state index < -0.39 is 12.2 Å². The van der Waals surface area contributed by atoms with Crippen LogP contribution in [0.4, 0.5) is 4.79 Å². The van der Waals surface area contributed by atoms with Crippen LogP contribution in [0.25, 0.3) is 0 Å². The fourth-order valence-corrected chi connectivity index (χ4v) is 0. The van der Waals surface area contributed by atoms with Crippen molar-refractivity contribution in [1.82, 2.24) is 0 Å². The normalized spacial score (nSPS) is 10.5. The van der Waals surface area contributed by atoms with Crippen LogP contribution in [0.2, 0.25) is 0 Å². The van der Waals surface area contributed by atoms with Gasteiger partial charge in [0.15, 0.2) is 0 Å². The van der Waals surface area contributed by atoms with Crippen LogP contribution >= 0.6 is 6.49 Å². The van der Waals surface area contributed by atoms with Crippen LogP contribution in [0.5, 0.6) is 0 Å². The van der Waals surface area contributed by atoms with Crippen LogP contribution in [0.3, 0.4) is 0 Å². The second-order valence-electron chi connectivity index (χ2n) is 0.786. The minimum atomic E-state index is -4.35. The van der Waals surface area contributed by atoms with Crippen molar-refractivity contribution >= 4 is 24.0 Å². The van der Waals surface area contributed by atoms with E-state index in [1.54, 1.807) is 0 Å². The third kappa shape index (κ3) is 23.1. The summed E-state index contributed by atoms with van der Waals surface area (Å²) in [7, 11) is 0. The Kier molecular flexibility index (Phi) is 49.6. The average Bonchev–Trinajstić information content (AvgIpc) is 1.31. The molecule has 1 atom stereocenters. The third-order valence-electron chi connectivity index (χ3n) is 0.231. The molecule has 0 spiro atoms. The molecule has 0 heterocycles. The number of carboxylic acid groups (broad SMARTS) is 1. The molecular formula is CH5Na3O6PS+. The monoisotopic (exact) mass is 245 g/mol. The third-order valence-corrected chi connectivity index (χ3v) is 1.14. The molecule has 12 heavy (non-hydrogen) atoms. The van der Waals surface area contributed by atoms with Gasteiger partial charge in [-0.25, -0.2) is 0 Å². The van der Waals surface area contributed by atoms with Crippen molar-refractivity contribution in [2.45, 2.75) is 0 Å². The molecule has 11 heteroatoms. The average molecular weight is 245 g/mol. The Morgan fingerprint density at radius 1 is 1.25 bits per heavy atom. The summed E-state index contributed by atoms with van der Waals surface area (Å²) in [6.45, 7) is -4.35. The Bertz CT molecular complexity index is 135. The number of carbonyl (C=O) groups excluding carboxylic acids is 1. The van der Waals surface area contributed by atoms with Gasteiger partial charge in [0.25, 0.3) is 0 Å². The van der Waals surface area contributed by atoms with Gasteiger partial charge in [-0.2, -0.15) is 0 Å². The molecule has 0 aliphatic heterocycles. The van der Waals surface area contributed by atoms with Crippen molar-refractivity contribution in [1.29, 1.82) is 0 Å². The number of hydrogen-bond donors (Lipinski definition) is 1. The van der Waals surface area contributed by atoms with Gasteiger partial charge in [-0.15, -0.1) is 0 Å². The first kappa shape index (κ1) is 36.3.